The van der Waals surface area contributed by atoms with Crippen molar-refractivity contribution < 1.29 is 14.3 Å². The highest BCUT2D eigenvalue weighted by Crippen LogP contribution is 2.24. The van der Waals surface area contributed by atoms with Gasteiger partial charge in [0.05, 0.1) is 11.8 Å². The Labute approximate surface area is 122 Å². The van der Waals surface area contributed by atoms with Crippen molar-refractivity contribution in [3.8, 4) is 5.69 Å². The van der Waals surface area contributed by atoms with Crippen LogP contribution >= 0.6 is 0 Å². The van der Waals surface area contributed by atoms with Crippen molar-refractivity contribution in [2.45, 2.75) is 20.0 Å². The number of carbonyl (C=O) groups excluding carboxylic acids is 1. The van der Waals surface area contributed by atoms with Gasteiger partial charge in [0, 0.05) is 25.9 Å². The standard InChI is InChI=1S/C15H18FN3O2/c1-9-7-14(11(10(2)20)8-12(9)16)19-6-5-13(17-19)15(21)18(3)4/h5-8,10,20H,1-4H3. The molecule has 0 spiro atoms. The molecule has 0 radical (unpaired) electrons. The van der Waals surface area contributed by atoms with E-state index < -0.39 is 6.10 Å². The molecule has 21 heavy (non-hydrogen) atoms. The highest BCUT2D eigenvalue weighted by molar-refractivity contribution is 5.91. The molecule has 112 valence electrons. The lowest BCUT2D eigenvalue weighted by Gasteiger charge is -2.14. The number of aromatic nitrogens is 2. The summed E-state index contributed by atoms with van der Waals surface area (Å²) in [6.45, 7) is 3.20. The molecule has 0 fully saturated rings. The molecule has 1 heterocycles. The van der Waals surface area contributed by atoms with Crippen LogP contribution in [0.3, 0.4) is 0 Å². The van der Waals surface area contributed by atoms with Gasteiger partial charge >= 0.3 is 0 Å². The summed E-state index contributed by atoms with van der Waals surface area (Å²) in [7, 11) is 3.29. The van der Waals surface area contributed by atoms with Crippen LogP contribution in [0, 0.1) is 12.7 Å². The molecule has 1 N–H and O–H groups in total. The number of aliphatic hydroxyl groups is 1. The Morgan fingerprint density at radius 3 is 2.67 bits per heavy atom. The van der Waals surface area contributed by atoms with Gasteiger partial charge in [0.1, 0.15) is 5.82 Å². The molecule has 0 aliphatic carbocycles. The van der Waals surface area contributed by atoms with Crippen LogP contribution in [0.2, 0.25) is 0 Å². The smallest absolute Gasteiger partial charge is 0.273 e. The third-order valence-corrected chi connectivity index (χ3v) is 3.22. The number of aryl methyl sites for hydroxylation is 1. The molecule has 0 aliphatic rings. The lowest BCUT2D eigenvalue weighted by molar-refractivity contribution is 0.0821. The fraction of sp³-hybridized carbons (Fsp3) is 0.333. The number of aliphatic hydroxyl groups excluding tert-OH is 1. The monoisotopic (exact) mass is 291 g/mol. The zero-order valence-corrected chi connectivity index (χ0v) is 12.5. The number of rotatable bonds is 3. The predicted molar refractivity (Wildman–Crippen MR) is 76.9 cm³/mol. The first-order valence-electron chi connectivity index (χ1n) is 6.57. The van der Waals surface area contributed by atoms with E-state index in [0.717, 1.165) is 0 Å². The average molecular weight is 291 g/mol. The lowest BCUT2D eigenvalue weighted by atomic mass is 10.1. The average Bonchev–Trinajstić information content (AvgIpc) is 2.89. The van der Waals surface area contributed by atoms with E-state index in [2.05, 4.69) is 5.10 Å². The fourth-order valence-electron chi connectivity index (χ4n) is 2.02. The minimum absolute atomic E-state index is 0.216. The zero-order valence-electron chi connectivity index (χ0n) is 12.5. The molecule has 1 amide bonds. The molecule has 6 heteroatoms. The summed E-state index contributed by atoms with van der Waals surface area (Å²) in [5, 5.41) is 14.0. The van der Waals surface area contributed by atoms with E-state index in [1.165, 1.54) is 15.6 Å². The highest BCUT2D eigenvalue weighted by atomic mass is 19.1. The van der Waals surface area contributed by atoms with E-state index in [4.69, 9.17) is 0 Å². The van der Waals surface area contributed by atoms with Crippen LogP contribution in [-0.2, 0) is 0 Å². The van der Waals surface area contributed by atoms with Gasteiger partial charge in [-0.1, -0.05) is 0 Å². The topological polar surface area (TPSA) is 58.4 Å². The van der Waals surface area contributed by atoms with E-state index in [-0.39, 0.29) is 11.7 Å². The van der Waals surface area contributed by atoms with Crippen molar-refractivity contribution in [3.63, 3.8) is 0 Å². The molecule has 1 unspecified atom stereocenters. The van der Waals surface area contributed by atoms with E-state index in [0.29, 0.717) is 22.5 Å². The van der Waals surface area contributed by atoms with Gasteiger partial charge in [0.25, 0.3) is 5.91 Å². The predicted octanol–water partition coefficient (Wildman–Crippen LogP) is 2.07. The van der Waals surface area contributed by atoms with E-state index in [1.807, 2.05) is 0 Å². The summed E-state index contributed by atoms with van der Waals surface area (Å²) in [5.74, 6) is -0.599. The van der Waals surface area contributed by atoms with Crippen molar-refractivity contribution in [2.24, 2.45) is 0 Å². The molecule has 5 nitrogen and oxygen atoms in total. The SMILES string of the molecule is Cc1cc(-n2ccc(C(=O)N(C)C)n2)c(C(C)O)cc1F. The van der Waals surface area contributed by atoms with Crippen molar-refractivity contribution in [1.82, 2.24) is 14.7 Å². The number of amides is 1. The largest absolute Gasteiger partial charge is 0.389 e. The number of nitrogens with zero attached hydrogens (tertiary/aromatic N) is 3. The molecular formula is C15H18FN3O2. The summed E-state index contributed by atoms with van der Waals surface area (Å²) in [6, 6.07) is 4.49. The van der Waals surface area contributed by atoms with E-state index in [1.54, 1.807) is 46.3 Å². The minimum Gasteiger partial charge on any atom is -0.389 e. The van der Waals surface area contributed by atoms with Crippen LogP contribution in [0.15, 0.2) is 24.4 Å². The Morgan fingerprint density at radius 1 is 1.43 bits per heavy atom. The van der Waals surface area contributed by atoms with Crippen molar-refractivity contribution in [1.29, 1.82) is 0 Å². The lowest BCUT2D eigenvalue weighted by Crippen LogP contribution is -2.22. The zero-order chi connectivity index (χ0) is 15.7. The van der Waals surface area contributed by atoms with Crippen molar-refractivity contribution >= 4 is 5.91 Å². The highest BCUT2D eigenvalue weighted by Gasteiger charge is 2.16. The van der Waals surface area contributed by atoms with Crippen LogP contribution in [0.1, 0.15) is 34.6 Å². The summed E-state index contributed by atoms with van der Waals surface area (Å²) in [4.78, 5) is 13.3. The Hall–Kier alpha value is -2.21. The Bertz CT molecular complexity index is 678. The van der Waals surface area contributed by atoms with Crippen LogP contribution in [0.4, 0.5) is 4.39 Å². The summed E-state index contributed by atoms with van der Waals surface area (Å²) >= 11 is 0. The van der Waals surface area contributed by atoms with Gasteiger partial charge in [-0.05, 0) is 37.6 Å². The van der Waals surface area contributed by atoms with Gasteiger partial charge in [-0.2, -0.15) is 5.10 Å². The number of halogens is 1. The van der Waals surface area contributed by atoms with Crippen molar-refractivity contribution in [2.75, 3.05) is 14.1 Å². The molecule has 0 saturated heterocycles. The van der Waals surface area contributed by atoms with Crippen LogP contribution in [0.5, 0.6) is 0 Å². The van der Waals surface area contributed by atoms with Gasteiger partial charge in [0.15, 0.2) is 5.69 Å². The number of benzene rings is 1. The molecule has 1 aromatic heterocycles. The van der Waals surface area contributed by atoms with Crippen LogP contribution in [0.25, 0.3) is 5.69 Å². The van der Waals surface area contributed by atoms with E-state index in [9.17, 15) is 14.3 Å². The maximum atomic E-state index is 13.7. The third-order valence-electron chi connectivity index (χ3n) is 3.22. The van der Waals surface area contributed by atoms with Gasteiger partial charge in [0.2, 0.25) is 0 Å². The van der Waals surface area contributed by atoms with Gasteiger partial charge in [-0.25, -0.2) is 9.07 Å². The molecule has 1 aromatic carbocycles. The maximum Gasteiger partial charge on any atom is 0.273 e. The Morgan fingerprint density at radius 2 is 2.10 bits per heavy atom. The van der Waals surface area contributed by atoms with Gasteiger partial charge < -0.3 is 10.0 Å². The van der Waals surface area contributed by atoms with Gasteiger partial charge in [-0.3, -0.25) is 4.79 Å². The molecule has 2 rings (SSSR count). The Kier molecular flexibility index (Phi) is 4.09. The van der Waals surface area contributed by atoms with Crippen LogP contribution < -0.4 is 0 Å². The van der Waals surface area contributed by atoms with E-state index >= 15 is 0 Å². The number of carbonyl (C=O) groups is 1. The number of hydrogen-bond donors (Lipinski definition) is 1. The van der Waals surface area contributed by atoms with Crippen molar-refractivity contribution in [3.05, 3.63) is 47.0 Å². The van der Waals surface area contributed by atoms with Crippen LogP contribution in [-0.4, -0.2) is 39.8 Å². The first-order valence-corrected chi connectivity index (χ1v) is 6.57. The van der Waals surface area contributed by atoms with Gasteiger partial charge in [-0.15, -0.1) is 0 Å². The molecule has 2 aromatic rings. The molecule has 1 atom stereocenters. The minimum atomic E-state index is -0.840. The first-order chi connectivity index (χ1) is 9.81. The second-order valence-electron chi connectivity index (χ2n) is 5.18. The fourth-order valence-corrected chi connectivity index (χ4v) is 2.02. The quantitative estimate of drug-likeness (QED) is 0.942. The summed E-state index contributed by atoms with van der Waals surface area (Å²) in [6.07, 6.45) is 0.780. The summed E-state index contributed by atoms with van der Waals surface area (Å²) in [5.41, 5.74) is 1.72. The maximum absolute atomic E-state index is 13.7. The number of hydrogen-bond acceptors (Lipinski definition) is 3. The summed E-state index contributed by atoms with van der Waals surface area (Å²) < 4.78 is 15.2. The Balaban J connectivity index is 2.52. The molecule has 0 aliphatic heterocycles. The molecule has 0 saturated carbocycles. The first kappa shape index (κ1) is 15.2. The molecule has 0 bridgehead atoms. The molecular weight excluding hydrogens is 273 g/mol. The second-order valence-corrected chi connectivity index (χ2v) is 5.18. The second kappa shape index (κ2) is 5.65. The normalized spacial score (nSPS) is 12.3. The third kappa shape index (κ3) is 2.95.